The highest BCUT2D eigenvalue weighted by Crippen LogP contribution is 2.28. The van der Waals surface area contributed by atoms with Crippen molar-refractivity contribution >= 4 is 6.08 Å². The quantitative estimate of drug-likeness (QED) is 0.672. The van der Waals surface area contributed by atoms with Crippen molar-refractivity contribution in [2.75, 3.05) is 27.4 Å². The molecule has 0 aliphatic heterocycles. The average molecular weight is 208 g/mol. The second kappa shape index (κ2) is 6.09. The van der Waals surface area contributed by atoms with Gasteiger partial charge in [-0.1, -0.05) is 18.7 Å². The lowest BCUT2D eigenvalue weighted by Crippen LogP contribution is -2.05. The van der Waals surface area contributed by atoms with E-state index >= 15 is 0 Å². The van der Waals surface area contributed by atoms with Gasteiger partial charge >= 0.3 is 0 Å². The molecule has 1 aromatic carbocycles. The van der Waals surface area contributed by atoms with Gasteiger partial charge in [-0.05, 0) is 17.7 Å². The number of methoxy groups -OCH3 is 2. The predicted molar refractivity (Wildman–Crippen MR) is 60.5 cm³/mol. The molecule has 0 N–H and O–H groups in total. The fraction of sp³-hybridized carbons (Fsp3) is 0.333. The van der Waals surface area contributed by atoms with Gasteiger partial charge in [0.05, 0.1) is 13.7 Å². The summed E-state index contributed by atoms with van der Waals surface area (Å²) in [6.45, 7) is 4.77. The maximum absolute atomic E-state index is 5.51. The fourth-order valence-corrected chi connectivity index (χ4v) is 1.17. The Balaban J connectivity index is 2.76. The van der Waals surface area contributed by atoms with E-state index in [0.29, 0.717) is 19.0 Å². The van der Waals surface area contributed by atoms with Crippen LogP contribution in [0.2, 0.25) is 0 Å². The molecule has 1 aromatic rings. The molecule has 3 nitrogen and oxygen atoms in total. The number of hydrogen-bond donors (Lipinski definition) is 0. The van der Waals surface area contributed by atoms with Gasteiger partial charge in [-0.2, -0.15) is 0 Å². The molecule has 0 radical (unpaired) electrons. The average Bonchev–Trinajstić information content (AvgIpc) is 2.29. The molecule has 82 valence electrons. The van der Waals surface area contributed by atoms with E-state index in [1.165, 1.54) is 0 Å². The number of benzene rings is 1. The lowest BCUT2D eigenvalue weighted by atomic mass is 10.2. The summed E-state index contributed by atoms with van der Waals surface area (Å²) in [6, 6.07) is 5.68. The lowest BCUT2D eigenvalue weighted by molar-refractivity contribution is 0.144. The summed E-state index contributed by atoms with van der Waals surface area (Å²) in [5.74, 6) is 1.43. The molecule has 0 aromatic heterocycles. The summed E-state index contributed by atoms with van der Waals surface area (Å²) in [4.78, 5) is 0. The SMILES string of the molecule is C=Cc1ccc(OC)c(OCCOC)c1. The molecule has 0 fully saturated rings. The van der Waals surface area contributed by atoms with Crippen LogP contribution in [0.25, 0.3) is 6.08 Å². The summed E-state index contributed by atoms with van der Waals surface area (Å²) >= 11 is 0. The fourth-order valence-electron chi connectivity index (χ4n) is 1.17. The van der Waals surface area contributed by atoms with Crippen LogP contribution in [-0.4, -0.2) is 27.4 Å². The van der Waals surface area contributed by atoms with Crippen LogP contribution in [0, 0.1) is 0 Å². The zero-order chi connectivity index (χ0) is 11.1. The van der Waals surface area contributed by atoms with E-state index in [-0.39, 0.29) is 0 Å². The third-order valence-electron chi connectivity index (χ3n) is 1.97. The highest BCUT2D eigenvalue weighted by Gasteiger charge is 2.03. The molecule has 0 aliphatic rings. The van der Waals surface area contributed by atoms with Crippen molar-refractivity contribution in [1.82, 2.24) is 0 Å². The first kappa shape index (κ1) is 11.6. The molecular weight excluding hydrogens is 192 g/mol. The van der Waals surface area contributed by atoms with E-state index < -0.39 is 0 Å². The first-order valence-electron chi connectivity index (χ1n) is 4.74. The number of rotatable bonds is 6. The Labute approximate surface area is 90.3 Å². The summed E-state index contributed by atoms with van der Waals surface area (Å²) in [6.07, 6.45) is 1.77. The van der Waals surface area contributed by atoms with Gasteiger partial charge in [0, 0.05) is 7.11 Å². The molecule has 0 atom stereocenters. The van der Waals surface area contributed by atoms with Crippen LogP contribution < -0.4 is 9.47 Å². The summed E-state index contributed by atoms with van der Waals surface area (Å²) < 4.78 is 15.6. The van der Waals surface area contributed by atoms with Crippen LogP contribution >= 0.6 is 0 Å². The molecule has 0 heterocycles. The molecule has 1 rings (SSSR count). The predicted octanol–water partition coefficient (Wildman–Crippen LogP) is 2.36. The maximum atomic E-state index is 5.51. The number of ether oxygens (including phenoxy) is 3. The molecule has 0 amide bonds. The molecule has 15 heavy (non-hydrogen) atoms. The van der Waals surface area contributed by atoms with Crippen LogP contribution in [0.4, 0.5) is 0 Å². The van der Waals surface area contributed by atoms with Crippen LogP contribution in [0.15, 0.2) is 24.8 Å². The Hall–Kier alpha value is -1.48. The van der Waals surface area contributed by atoms with Crippen molar-refractivity contribution in [2.45, 2.75) is 0 Å². The van der Waals surface area contributed by atoms with E-state index in [2.05, 4.69) is 6.58 Å². The van der Waals surface area contributed by atoms with Crippen molar-refractivity contribution in [3.05, 3.63) is 30.3 Å². The topological polar surface area (TPSA) is 27.7 Å². The van der Waals surface area contributed by atoms with Crippen LogP contribution in [0.3, 0.4) is 0 Å². The van der Waals surface area contributed by atoms with Gasteiger partial charge in [-0.25, -0.2) is 0 Å². The van der Waals surface area contributed by atoms with E-state index in [4.69, 9.17) is 14.2 Å². The molecule has 3 heteroatoms. The molecular formula is C12H16O3. The molecule has 0 saturated carbocycles. The normalized spacial score (nSPS) is 9.73. The zero-order valence-electron chi connectivity index (χ0n) is 9.16. The van der Waals surface area contributed by atoms with Gasteiger partial charge < -0.3 is 14.2 Å². The molecule has 0 unspecified atom stereocenters. The van der Waals surface area contributed by atoms with E-state index in [9.17, 15) is 0 Å². The maximum Gasteiger partial charge on any atom is 0.161 e. The Kier molecular flexibility index (Phi) is 4.71. The van der Waals surface area contributed by atoms with Gasteiger partial charge in [-0.3, -0.25) is 0 Å². The zero-order valence-corrected chi connectivity index (χ0v) is 9.16. The van der Waals surface area contributed by atoms with Crippen LogP contribution in [0.1, 0.15) is 5.56 Å². The Morgan fingerprint density at radius 3 is 2.60 bits per heavy atom. The first-order chi connectivity index (χ1) is 7.31. The minimum atomic E-state index is 0.507. The third kappa shape index (κ3) is 3.29. The summed E-state index contributed by atoms with van der Waals surface area (Å²) in [5, 5.41) is 0. The van der Waals surface area contributed by atoms with Crippen LogP contribution in [-0.2, 0) is 4.74 Å². The highest BCUT2D eigenvalue weighted by molar-refractivity contribution is 5.54. The second-order valence-corrected chi connectivity index (χ2v) is 2.96. The monoisotopic (exact) mass is 208 g/mol. The smallest absolute Gasteiger partial charge is 0.161 e. The van der Waals surface area contributed by atoms with E-state index in [1.807, 2.05) is 18.2 Å². The molecule has 0 saturated heterocycles. The van der Waals surface area contributed by atoms with Crippen LogP contribution in [0.5, 0.6) is 11.5 Å². The van der Waals surface area contributed by atoms with Gasteiger partial charge in [0.1, 0.15) is 6.61 Å². The summed E-state index contributed by atoms with van der Waals surface area (Å²) in [5.41, 5.74) is 1.00. The minimum absolute atomic E-state index is 0.507. The van der Waals surface area contributed by atoms with Gasteiger partial charge in [0.2, 0.25) is 0 Å². The van der Waals surface area contributed by atoms with Gasteiger partial charge in [0.25, 0.3) is 0 Å². The standard InChI is InChI=1S/C12H16O3/c1-4-10-5-6-11(14-3)12(9-10)15-8-7-13-2/h4-6,9H,1,7-8H2,2-3H3. The summed E-state index contributed by atoms with van der Waals surface area (Å²) in [7, 11) is 3.26. The van der Waals surface area contributed by atoms with Crippen molar-refractivity contribution < 1.29 is 14.2 Å². The Morgan fingerprint density at radius 1 is 1.20 bits per heavy atom. The van der Waals surface area contributed by atoms with E-state index in [1.54, 1.807) is 20.3 Å². The van der Waals surface area contributed by atoms with Crippen molar-refractivity contribution in [3.8, 4) is 11.5 Å². The molecule has 0 spiro atoms. The van der Waals surface area contributed by atoms with Crippen molar-refractivity contribution in [3.63, 3.8) is 0 Å². The first-order valence-corrected chi connectivity index (χ1v) is 4.74. The number of hydrogen-bond acceptors (Lipinski definition) is 3. The van der Waals surface area contributed by atoms with Gasteiger partial charge in [0.15, 0.2) is 11.5 Å². The third-order valence-corrected chi connectivity index (χ3v) is 1.97. The van der Waals surface area contributed by atoms with E-state index in [0.717, 1.165) is 11.3 Å². The largest absolute Gasteiger partial charge is 0.493 e. The minimum Gasteiger partial charge on any atom is -0.493 e. The Morgan fingerprint density at radius 2 is 2.00 bits per heavy atom. The molecule has 0 aliphatic carbocycles. The van der Waals surface area contributed by atoms with Crippen molar-refractivity contribution in [2.24, 2.45) is 0 Å². The molecule has 0 bridgehead atoms. The Bertz CT molecular complexity index is 321. The van der Waals surface area contributed by atoms with Crippen molar-refractivity contribution in [1.29, 1.82) is 0 Å². The lowest BCUT2D eigenvalue weighted by Gasteiger charge is -2.10. The van der Waals surface area contributed by atoms with Gasteiger partial charge in [-0.15, -0.1) is 0 Å². The second-order valence-electron chi connectivity index (χ2n) is 2.96. The highest BCUT2D eigenvalue weighted by atomic mass is 16.5.